The van der Waals surface area contributed by atoms with Crippen LogP contribution in [-0.2, 0) is 17.6 Å². The van der Waals surface area contributed by atoms with Crippen molar-refractivity contribution in [3.05, 3.63) is 11.7 Å². The Morgan fingerprint density at radius 2 is 2.22 bits per heavy atom. The van der Waals surface area contributed by atoms with Gasteiger partial charge in [0.15, 0.2) is 5.82 Å². The third kappa shape index (κ3) is 5.60. The highest BCUT2D eigenvalue weighted by Gasteiger charge is 2.13. The van der Waals surface area contributed by atoms with Crippen LogP contribution in [0, 0.1) is 0 Å². The standard InChI is InChI=1S/C13H25N3O2/c1-4-7-11(14-5-2)10-13-15-12(16-18-13)8-6-9-17-3/h11,14H,4-10H2,1-3H3. The normalized spacial score (nSPS) is 12.8. The maximum absolute atomic E-state index is 5.28. The monoisotopic (exact) mass is 255 g/mol. The zero-order valence-corrected chi connectivity index (χ0v) is 11.7. The molecule has 104 valence electrons. The highest BCUT2D eigenvalue weighted by Crippen LogP contribution is 2.07. The molecule has 0 saturated heterocycles. The third-order valence-electron chi connectivity index (χ3n) is 2.81. The fourth-order valence-electron chi connectivity index (χ4n) is 1.97. The minimum Gasteiger partial charge on any atom is -0.385 e. The van der Waals surface area contributed by atoms with Crippen LogP contribution >= 0.6 is 0 Å². The van der Waals surface area contributed by atoms with Crippen molar-refractivity contribution in [2.24, 2.45) is 0 Å². The van der Waals surface area contributed by atoms with Gasteiger partial charge < -0.3 is 14.6 Å². The van der Waals surface area contributed by atoms with Gasteiger partial charge >= 0.3 is 0 Å². The quantitative estimate of drug-likeness (QED) is 0.648. The van der Waals surface area contributed by atoms with Crippen LogP contribution in [0.3, 0.4) is 0 Å². The van der Waals surface area contributed by atoms with E-state index in [1.807, 2.05) is 0 Å². The molecule has 1 atom stereocenters. The van der Waals surface area contributed by atoms with Gasteiger partial charge in [0.05, 0.1) is 0 Å². The number of aromatic nitrogens is 2. The summed E-state index contributed by atoms with van der Waals surface area (Å²) in [6, 6.07) is 0.437. The number of methoxy groups -OCH3 is 1. The number of hydrogen-bond donors (Lipinski definition) is 1. The molecule has 0 amide bonds. The summed E-state index contributed by atoms with van der Waals surface area (Å²) in [4.78, 5) is 4.41. The molecular formula is C13H25N3O2. The van der Waals surface area contributed by atoms with Gasteiger partial charge in [-0.15, -0.1) is 0 Å². The van der Waals surface area contributed by atoms with E-state index in [2.05, 4.69) is 29.3 Å². The second kappa shape index (κ2) is 9.05. The zero-order chi connectivity index (χ0) is 13.2. The summed E-state index contributed by atoms with van der Waals surface area (Å²) < 4.78 is 10.3. The summed E-state index contributed by atoms with van der Waals surface area (Å²) in [5.74, 6) is 1.52. The molecule has 0 bridgehead atoms. The second-order valence-electron chi connectivity index (χ2n) is 4.45. The molecule has 0 aromatic carbocycles. The molecule has 0 aliphatic carbocycles. The van der Waals surface area contributed by atoms with Crippen molar-refractivity contribution in [3.63, 3.8) is 0 Å². The first kappa shape index (κ1) is 15.1. The van der Waals surface area contributed by atoms with Crippen molar-refractivity contribution in [1.82, 2.24) is 15.5 Å². The van der Waals surface area contributed by atoms with E-state index >= 15 is 0 Å². The minimum atomic E-state index is 0.437. The van der Waals surface area contributed by atoms with Crippen LogP contribution in [0.5, 0.6) is 0 Å². The van der Waals surface area contributed by atoms with Crippen molar-refractivity contribution in [2.75, 3.05) is 20.3 Å². The third-order valence-corrected chi connectivity index (χ3v) is 2.81. The summed E-state index contributed by atoms with van der Waals surface area (Å²) in [6.07, 6.45) is 4.86. The van der Waals surface area contributed by atoms with E-state index in [0.29, 0.717) is 6.04 Å². The lowest BCUT2D eigenvalue weighted by Gasteiger charge is -2.14. The van der Waals surface area contributed by atoms with Gasteiger partial charge in [0.1, 0.15) is 0 Å². The lowest BCUT2D eigenvalue weighted by molar-refractivity contribution is 0.194. The lowest BCUT2D eigenvalue weighted by atomic mass is 10.1. The van der Waals surface area contributed by atoms with E-state index in [-0.39, 0.29) is 0 Å². The molecule has 1 N–H and O–H groups in total. The van der Waals surface area contributed by atoms with Gasteiger partial charge in [0, 0.05) is 32.6 Å². The van der Waals surface area contributed by atoms with Crippen LogP contribution in [0.1, 0.15) is 44.8 Å². The first-order valence-electron chi connectivity index (χ1n) is 6.83. The van der Waals surface area contributed by atoms with Crippen molar-refractivity contribution in [2.45, 2.75) is 52.0 Å². The molecule has 0 radical (unpaired) electrons. The minimum absolute atomic E-state index is 0.437. The molecule has 1 rings (SSSR count). The first-order valence-corrected chi connectivity index (χ1v) is 6.83. The smallest absolute Gasteiger partial charge is 0.228 e. The maximum Gasteiger partial charge on any atom is 0.228 e. The topological polar surface area (TPSA) is 60.2 Å². The maximum atomic E-state index is 5.28. The molecule has 0 saturated carbocycles. The molecule has 0 fully saturated rings. The Labute approximate surface area is 109 Å². The van der Waals surface area contributed by atoms with Crippen molar-refractivity contribution < 1.29 is 9.26 Å². The van der Waals surface area contributed by atoms with Crippen LogP contribution in [0.25, 0.3) is 0 Å². The average Bonchev–Trinajstić information content (AvgIpc) is 2.78. The summed E-state index contributed by atoms with van der Waals surface area (Å²) >= 11 is 0. The summed E-state index contributed by atoms with van der Waals surface area (Å²) in [6.45, 7) is 6.01. The number of ether oxygens (including phenoxy) is 1. The molecule has 1 heterocycles. The predicted molar refractivity (Wildman–Crippen MR) is 70.6 cm³/mol. The number of likely N-dealkylation sites (N-methyl/N-ethyl adjacent to an activating group) is 1. The summed E-state index contributed by atoms with van der Waals surface area (Å²) in [5.41, 5.74) is 0. The van der Waals surface area contributed by atoms with Crippen molar-refractivity contribution in [3.8, 4) is 0 Å². The number of hydrogen-bond acceptors (Lipinski definition) is 5. The Bertz CT molecular complexity index is 309. The molecule has 1 unspecified atom stereocenters. The van der Waals surface area contributed by atoms with Crippen LogP contribution in [0.2, 0.25) is 0 Å². The largest absolute Gasteiger partial charge is 0.385 e. The highest BCUT2D eigenvalue weighted by molar-refractivity contribution is 4.89. The number of aryl methyl sites for hydroxylation is 1. The van der Waals surface area contributed by atoms with Crippen LogP contribution in [0.15, 0.2) is 4.52 Å². The van der Waals surface area contributed by atoms with Gasteiger partial charge in [0.25, 0.3) is 0 Å². The molecule has 0 aliphatic rings. The van der Waals surface area contributed by atoms with Crippen molar-refractivity contribution >= 4 is 0 Å². The van der Waals surface area contributed by atoms with Gasteiger partial charge in [-0.1, -0.05) is 25.4 Å². The highest BCUT2D eigenvalue weighted by atomic mass is 16.5. The lowest BCUT2D eigenvalue weighted by Crippen LogP contribution is -2.30. The van der Waals surface area contributed by atoms with Crippen LogP contribution < -0.4 is 5.32 Å². The van der Waals surface area contributed by atoms with Gasteiger partial charge in [-0.25, -0.2) is 0 Å². The molecule has 1 aromatic rings. The summed E-state index contributed by atoms with van der Waals surface area (Å²) in [5, 5.41) is 7.44. The second-order valence-corrected chi connectivity index (χ2v) is 4.45. The van der Waals surface area contributed by atoms with E-state index in [1.165, 1.54) is 0 Å². The predicted octanol–water partition coefficient (Wildman–Crippen LogP) is 1.97. The summed E-state index contributed by atoms with van der Waals surface area (Å²) in [7, 11) is 1.70. The molecule has 1 aromatic heterocycles. The molecule has 5 nitrogen and oxygen atoms in total. The fraction of sp³-hybridized carbons (Fsp3) is 0.846. The van der Waals surface area contributed by atoms with E-state index in [4.69, 9.17) is 9.26 Å². The Hall–Kier alpha value is -0.940. The molecule has 5 heteroatoms. The Balaban J connectivity index is 2.40. The Morgan fingerprint density at radius 3 is 2.89 bits per heavy atom. The Kier molecular flexibility index (Phi) is 7.60. The van der Waals surface area contributed by atoms with Crippen molar-refractivity contribution in [1.29, 1.82) is 0 Å². The molecular weight excluding hydrogens is 230 g/mol. The van der Waals surface area contributed by atoms with Gasteiger partial charge in [-0.3, -0.25) is 0 Å². The fourth-order valence-corrected chi connectivity index (χ4v) is 1.97. The SMILES string of the molecule is CCCC(Cc1nc(CCCOC)no1)NCC. The van der Waals surface area contributed by atoms with Gasteiger partial charge in [-0.2, -0.15) is 4.98 Å². The van der Waals surface area contributed by atoms with E-state index in [1.54, 1.807) is 7.11 Å². The number of rotatable bonds is 10. The Morgan fingerprint density at radius 1 is 1.39 bits per heavy atom. The first-order chi connectivity index (χ1) is 8.80. The van der Waals surface area contributed by atoms with Crippen LogP contribution in [-0.4, -0.2) is 36.4 Å². The van der Waals surface area contributed by atoms with Gasteiger partial charge in [-0.05, 0) is 19.4 Å². The average molecular weight is 255 g/mol. The molecule has 0 aliphatic heterocycles. The van der Waals surface area contributed by atoms with E-state index in [0.717, 1.165) is 57.0 Å². The number of nitrogens with one attached hydrogen (secondary N) is 1. The molecule has 0 spiro atoms. The number of nitrogens with zero attached hydrogens (tertiary/aromatic N) is 2. The zero-order valence-electron chi connectivity index (χ0n) is 11.7. The van der Waals surface area contributed by atoms with Gasteiger partial charge in [0.2, 0.25) is 5.89 Å². The van der Waals surface area contributed by atoms with E-state index < -0.39 is 0 Å². The van der Waals surface area contributed by atoms with Crippen LogP contribution in [0.4, 0.5) is 0 Å². The van der Waals surface area contributed by atoms with E-state index in [9.17, 15) is 0 Å². The molecule has 18 heavy (non-hydrogen) atoms.